The average Bonchev–Trinajstić information content (AvgIpc) is 2.40. The second kappa shape index (κ2) is 5.88. The van der Waals surface area contributed by atoms with Crippen LogP contribution >= 0.6 is 0 Å². The molecule has 8 heteroatoms. The van der Waals surface area contributed by atoms with Gasteiger partial charge in [-0.3, -0.25) is 0 Å². The van der Waals surface area contributed by atoms with Gasteiger partial charge in [0.1, 0.15) is 16.4 Å². The van der Waals surface area contributed by atoms with Gasteiger partial charge in [-0.15, -0.1) is 13.2 Å². The highest BCUT2D eigenvalue weighted by Crippen LogP contribution is 2.25. The van der Waals surface area contributed by atoms with Crippen LogP contribution in [0.1, 0.15) is 5.56 Å². The highest BCUT2D eigenvalue weighted by Gasteiger charge is 2.31. The quantitative estimate of drug-likeness (QED) is 0.802. The van der Waals surface area contributed by atoms with Crippen molar-refractivity contribution in [2.45, 2.75) is 18.2 Å². The maximum Gasteiger partial charge on any atom is 0.573 e. The molecule has 0 fully saturated rings. The molecule has 2 aromatic carbocycles. The minimum Gasteiger partial charge on any atom is -0.406 e. The smallest absolute Gasteiger partial charge is 0.406 e. The van der Waals surface area contributed by atoms with Crippen molar-refractivity contribution in [2.24, 2.45) is 0 Å². The summed E-state index contributed by atoms with van der Waals surface area (Å²) in [4.78, 5) is -0.275. The van der Waals surface area contributed by atoms with Gasteiger partial charge >= 0.3 is 16.5 Å². The molecular weight excluding hydrogens is 321 g/mol. The van der Waals surface area contributed by atoms with Crippen LogP contribution < -0.4 is 8.92 Å². The third-order valence-electron chi connectivity index (χ3n) is 2.57. The van der Waals surface area contributed by atoms with Crippen LogP contribution in [0, 0.1) is 6.92 Å². The number of hydrogen-bond acceptors (Lipinski definition) is 4. The van der Waals surface area contributed by atoms with E-state index in [1.54, 1.807) is 12.1 Å². The molecule has 0 aromatic heterocycles. The summed E-state index contributed by atoms with van der Waals surface area (Å²) in [6, 6.07) is 10.1. The van der Waals surface area contributed by atoms with Gasteiger partial charge in [-0.2, -0.15) is 8.42 Å². The molecule has 4 nitrogen and oxygen atoms in total. The number of ether oxygens (including phenoxy) is 1. The van der Waals surface area contributed by atoms with Crippen molar-refractivity contribution in [3.05, 3.63) is 54.1 Å². The van der Waals surface area contributed by atoms with Crippen LogP contribution in [0.3, 0.4) is 0 Å². The summed E-state index contributed by atoms with van der Waals surface area (Å²) in [5, 5.41) is 0. The fourth-order valence-corrected chi connectivity index (χ4v) is 2.51. The van der Waals surface area contributed by atoms with Crippen LogP contribution in [-0.2, 0) is 10.1 Å². The monoisotopic (exact) mass is 332 g/mol. The first-order chi connectivity index (χ1) is 10.2. The topological polar surface area (TPSA) is 52.6 Å². The third-order valence-corrected chi connectivity index (χ3v) is 3.83. The zero-order chi connectivity index (χ0) is 16.4. The number of alkyl halides is 3. The fourth-order valence-electron chi connectivity index (χ4n) is 1.58. The van der Waals surface area contributed by atoms with Crippen molar-refractivity contribution in [2.75, 3.05) is 0 Å². The molecule has 0 saturated carbocycles. The summed E-state index contributed by atoms with van der Waals surface area (Å²) in [5.74, 6) is -0.400. The number of aryl methyl sites for hydroxylation is 1. The predicted molar refractivity (Wildman–Crippen MR) is 72.1 cm³/mol. The molecule has 0 amide bonds. The second-order valence-corrected chi connectivity index (χ2v) is 5.92. The van der Waals surface area contributed by atoms with E-state index in [0.29, 0.717) is 0 Å². The van der Waals surface area contributed by atoms with Crippen molar-refractivity contribution in [3.63, 3.8) is 0 Å². The lowest BCUT2D eigenvalue weighted by Gasteiger charge is -2.10. The fraction of sp³-hybridized carbons (Fsp3) is 0.143. The standard InChI is InChI=1S/C14H11F3O4S/c1-10-2-4-12(5-3-10)21-22(18,19)13-8-6-11(7-9-13)20-14(15,16)17/h2-9H,1H3. The highest BCUT2D eigenvalue weighted by molar-refractivity contribution is 7.87. The molecule has 0 aliphatic carbocycles. The molecule has 0 atom stereocenters. The van der Waals surface area contributed by atoms with Crippen molar-refractivity contribution >= 4 is 10.1 Å². The van der Waals surface area contributed by atoms with E-state index in [4.69, 9.17) is 4.18 Å². The molecule has 0 spiro atoms. The van der Waals surface area contributed by atoms with Gasteiger partial charge in [-0.1, -0.05) is 17.7 Å². The van der Waals surface area contributed by atoms with E-state index >= 15 is 0 Å². The van der Waals surface area contributed by atoms with Gasteiger partial charge < -0.3 is 8.92 Å². The molecule has 2 aromatic rings. The van der Waals surface area contributed by atoms with Crippen LogP contribution in [0.25, 0.3) is 0 Å². The Morgan fingerprint density at radius 3 is 1.86 bits per heavy atom. The summed E-state index contributed by atoms with van der Waals surface area (Å²) < 4.78 is 68.6. The molecule has 0 saturated heterocycles. The zero-order valence-electron chi connectivity index (χ0n) is 11.3. The van der Waals surface area contributed by atoms with E-state index in [-0.39, 0.29) is 10.6 Å². The Hall–Kier alpha value is -2.22. The van der Waals surface area contributed by atoms with Crippen molar-refractivity contribution in [1.82, 2.24) is 0 Å². The molecule has 0 aliphatic heterocycles. The van der Waals surface area contributed by atoms with Crippen LogP contribution in [-0.4, -0.2) is 14.8 Å². The second-order valence-electron chi connectivity index (χ2n) is 4.37. The lowest BCUT2D eigenvalue weighted by molar-refractivity contribution is -0.274. The van der Waals surface area contributed by atoms with Gasteiger partial charge in [-0.25, -0.2) is 0 Å². The van der Waals surface area contributed by atoms with Gasteiger partial charge in [0.05, 0.1) is 0 Å². The molecule has 0 radical (unpaired) electrons. The lowest BCUT2D eigenvalue weighted by atomic mass is 10.2. The molecule has 118 valence electrons. The van der Waals surface area contributed by atoms with E-state index in [0.717, 1.165) is 29.8 Å². The third kappa shape index (κ3) is 4.39. The Morgan fingerprint density at radius 2 is 1.36 bits per heavy atom. The van der Waals surface area contributed by atoms with Crippen molar-refractivity contribution in [3.8, 4) is 11.5 Å². The van der Waals surface area contributed by atoms with Gasteiger partial charge in [0, 0.05) is 0 Å². The number of hydrogen-bond donors (Lipinski definition) is 0. The molecule has 0 heterocycles. The Labute approximate surface area is 125 Å². The SMILES string of the molecule is Cc1ccc(OS(=O)(=O)c2ccc(OC(F)(F)F)cc2)cc1. The summed E-state index contributed by atoms with van der Waals surface area (Å²) >= 11 is 0. The Morgan fingerprint density at radius 1 is 0.864 bits per heavy atom. The summed E-state index contributed by atoms with van der Waals surface area (Å²) in [7, 11) is -4.12. The molecular formula is C14H11F3O4S. The number of rotatable bonds is 4. The van der Waals surface area contributed by atoms with E-state index in [9.17, 15) is 21.6 Å². The van der Waals surface area contributed by atoms with Crippen molar-refractivity contribution < 1.29 is 30.5 Å². The maximum atomic E-state index is 12.0. The largest absolute Gasteiger partial charge is 0.573 e. The maximum absolute atomic E-state index is 12.0. The minimum absolute atomic E-state index is 0.112. The number of benzene rings is 2. The minimum atomic E-state index is -4.83. The van der Waals surface area contributed by atoms with Crippen LogP contribution in [0.15, 0.2) is 53.4 Å². The first-order valence-electron chi connectivity index (χ1n) is 6.03. The zero-order valence-corrected chi connectivity index (χ0v) is 12.1. The highest BCUT2D eigenvalue weighted by atomic mass is 32.2. The molecule has 0 aliphatic rings. The Kier molecular flexibility index (Phi) is 4.32. The lowest BCUT2D eigenvalue weighted by Crippen LogP contribution is -2.17. The molecule has 0 unspecified atom stereocenters. The van der Waals surface area contributed by atoms with E-state index in [1.807, 2.05) is 6.92 Å². The summed E-state index contributed by atoms with van der Waals surface area (Å²) in [6.07, 6.45) is -4.83. The molecule has 0 bridgehead atoms. The van der Waals surface area contributed by atoms with Gasteiger partial charge in [0.2, 0.25) is 0 Å². The van der Waals surface area contributed by atoms with Gasteiger partial charge in [0.15, 0.2) is 0 Å². The van der Waals surface area contributed by atoms with E-state index in [2.05, 4.69) is 4.74 Å². The Balaban J connectivity index is 2.17. The summed E-state index contributed by atoms with van der Waals surface area (Å²) in [5.41, 5.74) is 0.929. The predicted octanol–water partition coefficient (Wildman–Crippen LogP) is 3.66. The van der Waals surface area contributed by atoms with Gasteiger partial charge in [-0.05, 0) is 43.3 Å². The first-order valence-corrected chi connectivity index (χ1v) is 7.43. The molecule has 0 N–H and O–H groups in total. The van der Waals surface area contributed by atoms with E-state index < -0.39 is 22.2 Å². The van der Waals surface area contributed by atoms with Crippen LogP contribution in [0.5, 0.6) is 11.5 Å². The normalized spacial score (nSPS) is 12.0. The van der Waals surface area contributed by atoms with Crippen LogP contribution in [0.2, 0.25) is 0 Å². The number of halogens is 3. The van der Waals surface area contributed by atoms with E-state index in [1.165, 1.54) is 12.1 Å². The van der Waals surface area contributed by atoms with Gasteiger partial charge in [0.25, 0.3) is 0 Å². The van der Waals surface area contributed by atoms with Crippen LogP contribution in [0.4, 0.5) is 13.2 Å². The summed E-state index contributed by atoms with van der Waals surface area (Å²) in [6.45, 7) is 1.83. The Bertz CT molecular complexity index is 735. The average molecular weight is 332 g/mol. The molecule has 2 rings (SSSR count). The van der Waals surface area contributed by atoms with Crippen molar-refractivity contribution in [1.29, 1.82) is 0 Å². The molecule has 22 heavy (non-hydrogen) atoms. The first kappa shape index (κ1) is 16.2.